The van der Waals surface area contributed by atoms with Gasteiger partial charge in [0.2, 0.25) is 0 Å². The average molecular weight is 1470 g/mol. The summed E-state index contributed by atoms with van der Waals surface area (Å²) in [7, 11) is 0. The van der Waals surface area contributed by atoms with Gasteiger partial charge in [-0.1, -0.05) is 126 Å². The molecule has 0 bridgehead atoms. The van der Waals surface area contributed by atoms with Gasteiger partial charge in [-0.15, -0.1) is 69.6 Å². The van der Waals surface area contributed by atoms with Gasteiger partial charge in [-0.2, -0.15) is 35.3 Å². The van der Waals surface area contributed by atoms with E-state index in [9.17, 15) is 0 Å². The van der Waals surface area contributed by atoms with Gasteiger partial charge >= 0.3 is 0 Å². The zero-order chi connectivity index (χ0) is 63.2. The maximum atomic E-state index is 8.46. The van der Waals surface area contributed by atoms with Gasteiger partial charge in [-0.25, -0.2) is 0 Å². The quantitative estimate of drug-likeness (QED) is 0.176. The highest BCUT2D eigenvalue weighted by atomic mass is 35.5. The van der Waals surface area contributed by atoms with E-state index in [2.05, 4.69) is 47.4 Å². The first-order valence-corrected chi connectivity index (χ1v) is 48.7. The first-order valence-electron chi connectivity index (χ1n) is 42.6. The third-order valence-electron chi connectivity index (χ3n) is 37.0. The molecule has 20 rings (SSSR count). The molecule has 3 heterocycles. The van der Waals surface area contributed by atoms with E-state index in [-0.39, 0.29) is 44.1 Å². The van der Waals surface area contributed by atoms with Crippen molar-refractivity contribution < 1.29 is 0 Å². The number of alkyl halides is 6. The molecule has 36 atom stereocenters. The summed E-state index contributed by atoms with van der Waals surface area (Å²) in [4.78, 5) is 0. The lowest BCUT2D eigenvalue weighted by molar-refractivity contribution is -0.0876. The predicted molar refractivity (Wildman–Crippen MR) is 409 cm³/mol. The molecule has 0 aromatic heterocycles. The second-order valence-electron chi connectivity index (χ2n) is 39.6. The van der Waals surface area contributed by atoms with E-state index in [0.717, 1.165) is 142 Å². The smallest absolute Gasteiger partial charge is 0.0568 e. The number of halogens is 6. The molecule has 20 fully saturated rings. The molecule has 0 aromatic carbocycles. The third kappa shape index (κ3) is 11.0. The van der Waals surface area contributed by atoms with Crippen LogP contribution in [0.25, 0.3) is 0 Å². The molecule has 0 N–H and O–H groups in total. The lowest BCUT2D eigenvalue weighted by Crippen LogP contribution is -2.61. The van der Waals surface area contributed by atoms with Gasteiger partial charge < -0.3 is 0 Å². The van der Waals surface area contributed by atoms with Crippen molar-refractivity contribution in [3.05, 3.63) is 23.3 Å². The molecule has 0 radical (unpaired) electrons. The van der Waals surface area contributed by atoms with Gasteiger partial charge in [-0.05, 0) is 363 Å². The van der Waals surface area contributed by atoms with Crippen molar-refractivity contribution in [1.29, 1.82) is 0 Å². The Balaban J connectivity index is 0.595. The fourth-order valence-corrected chi connectivity index (χ4v) is 42.0. The minimum absolute atomic E-state index is 0.0722. The Morgan fingerprint density at radius 1 is 0.221 bits per heavy atom. The monoisotopic (exact) mass is 1460 g/mol. The van der Waals surface area contributed by atoms with Gasteiger partial charge in [-0.3, -0.25) is 0 Å². The van der Waals surface area contributed by atoms with Crippen LogP contribution in [0, 0.1) is 213 Å². The van der Waals surface area contributed by atoms with Crippen molar-refractivity contribution in [2.45, 2.75) is 251 Å². The van der Waals surface area contributed by atoms with Crippen LogP contribution < -0.4 is 0 Å². The fourth-order valence-electron chi connectivity index (χ4n) is 34.2. The summed E-state index contributed by atoms with van der Waals surface area (Å²) in [6.45, 7) is 0. The molecule has 17 aliphatic carbocycles. The summed E-state index contributed by atoms with van der Waals surface area (Å²) in [6, 6.07) is 0. The first-order chi connectivity index (χ1) is 46.6. The standard InChI is InChI=1S/C86H124Cl6S3/c87-81-63(35-61(57-29-27-45-9-1-7-43-15-5-17-59(57)71(43)45)55-31-51-23-19-47-11-3-12-48-20-24-52(32-55)75(51)73(47)48)65-37-93-39-67(65)77(83(81)89)79-69-41-95-42-70(69)80(86(92)85(79)91)78-68-40-94-38-66(68)64(82(88)84(78)90)36-62(58-30-28-46-10-2-8-44-16-6-18-60(58)72(44)46)56-33-53-25-21-49-13-4-14-50-22-26-54(34-56)76(53)74(49)50/h35-36,43-60,63-86H,1-34,37-42H2. The molecular weight excluding hydrogens is 1340 g/mol. The topological polar surface area (TPSA) is 0 Å². The number of thioether (sulfide) groups is 3. The molecule has 0 amide bonds. The molecule has 9 heteroatoms. The van der Waals surface area contributed by atoms with Crippen molar-refractivity contribution in [2.24, 2.45) is 213 Å². The summed E-state index contributed by atoms with van der Waals surface area (Å²) in [6.07, 6.45) is 57.4. The molecular formula is C86H124Cl6S3. The summed E-state index contributed by atoms with van der Waals surface area (Å²) in [5, 5.41) is -0.625. The van der Waals surface area contributed by atoms with Gasteiger partial charge in [0.25, 0.3) is 0 Å². The van der Waals surface area contributed by atoms with Crippen molar-refractivity contribution in [3.63, 3.8) is 0 Å². The average Bonchev–Trinajstić information content (AvgIpc) is 1.68. The molecule has 0 aromatic rings. The van der Waals surface area contributed by atoms with Crippen molar-refractivity contribution in [3.8, 4) is 0 Å². The minimum atomic E-state index is -0.141. The van der Waals surface area contributed by atoms with Gasteiger partial charge in [0.15, 0.2) is 0 Å². The molecule has 0 spiro atoms. The number of hydrogen-bond acceptors (Lipinski definition) is 3. The van der Waals surface area contributed by atoms with Crippen LogP contribution in [0.3, 0.4) is 0 Å². The van der Waals surface area contributed by atoms with Crippen LogP contribution in [0.5, 0.6) is 0 Å². The molecule has 528 valence electrons. The Hall–Kier alpha value is 2.27. The van der Waals surface area contributed by atoms with Crippen LogP contribution >= 0.6 is 105 Å². The van der Waals surface area contributed by atoms with E-state index in [1.165, 1.54) is 227 Å². The molecule has 17 saturated carbocycles. The minimum Gasteiger partial charge on any atom is -0.161 e. The summed E-state index contributed by atoms with van der Waals surface area (Å²) in [5.41, 5.74) is 3.96. The van der Waals surface area contributed by atoms with Crippen molar-refractivity contribution in [1.82, 2.24) is 0 Å². The highest BCUT2D eigenvalue weighted by Gasteiger charge is 2.66. The van der Waals surface area contributed by atoms with Crippen LogP contribution in [-0.2, 0) is 0 Å². The molecule has 95 heavy (non-hydrogen) atoms. The number of rotatable bonds is 8. The van der Waals surface area contributed by atoms with E-state index < -0.39 is 0 Å². The fraction of sp³-hybridized carbons (Fsp3) is 0.953. The van der Waals surface area contributed by atoms with Crippen LogP contribution in [0.4, 0.5) is 0 Å². The molecule has 36 unspecified atom stereocenters. The van der Waals surface area contributed by atoms with Crippen molar-refractivity contribution >= 4 is 105 Å². The SMILES string of the molecule is ClC1C(Cl)C(C2C(Cl)C(Cl)C(C3C(Cl)C(Cl)C(C=C(C4CC5CCC6CCCC7CCC(C4)C5C67)C4CCC5CCCC6CCCC4C65)C4CSCC43)C3CSCC32)C2CSCC2C1C=C(C1CC2CCC3CCCC4CCC(C1)C2C34)C1CCC2CCCC3CCCC1C32. The third-order valence-corrected chi connectivity index (χ3v) is 44.5. The summed E-state index contributed by atoms with van der Waals surface area (Å²) in [5.74, 6) is 35.3. The Morgan fingerprint density at radius 3 is 0.800 bits per heavy atom. The lowest BCUT2D eigenvalue weighted by atomic mass is 9.45. The Bertz CT molecular complexity index is 2570. The Kier molecular flexibility index (Phi) is 19.1. The summed E-state index contributed by atoms with van der Waals surface area (Å²) >= 11 is 57.4. The molecule has 3 aliphatic heterocycles. The second-order valence-corrected chi connectivity index (χ2v) is 45.8. The number of hydrogen-bond donors (Lipinski definition) is 0. The van der Waals surface area contributed by atoms with E-state index in [0.29, 0.717) is 59.2 Å². The maximum absolute atomic E-state index is 8.46. The zero-order valence-electron chi connectivity index (χ0n) is 58.2. The van der Waals surface area contributed by atoms with Crippen LogP contribution in [-0.4, -0.2) is 66.8 Å². The lowest BCUT2D eigenvalue weighted by Gasteiger charge is -2.60. The van der Waals surface area contributed by atoms with E-state index in [1.807, 2.05) is 11.1 Å². The predicted octanol–water partition coefficient (Wildman–Crippen LogP) is 24.4. The van der Waals surface area contributed by atoms with E-state index >= 15 is 0 Å². The van der Waals surface area contributed by atoms with Gasteiger partial charge in [0, 0.05) is 0 Å². The maximum Gasteiger partial charge on any atom is 0.0568 e. The number of allylic oxidation sites excluding steroid dienone is 4. The Labute approximate surface area is 620 Å². The largest absolute Gasteiger partial charge is 0.161 e. The molecule has 3 saturated heterocycles. The summed E-state index contributed by atoms with van der Waals surface area (Å²) < 4.78 is 0. The van der Waals surface area contributed by atoms with Gasteiger partial charge in [0.1, 0.15) is 0 Å². The highest BCUT2D eigenvalue weighted by molar-refractivity contribution is 8.00. The van der Waals surface area contributed by atoms with E-state index in [4.69, 9.17) is 69.6 Å². The second kappa shape index (κ2) is 27.2. The molecule has 0 nitrogen and oxygen atoms in total. The van der Waals surface area contributed by atoms with Crippen LogP contribution in [0.1, 0.15) is 218 Å². The van der Waals surface area contributed by atoms with Crippen LogP contribution in [0.15, 0.2) is 23.3 Å². The normalized spacial score (nSPS) is 59.9. The van der Waals surface area contributed by atoms with Gasteiger partial charge in [0.05, 0.1) is 32.3 Å². The van der Waals surface area contributed by atoms with Crippen molar-refractivity contribution in [2.75, 3.05) is 34.5 Å². The highest BCUT2D eigenvalue weighted by Crippen LogP contribution is 2.70. The molecule has 20 aliphatic rings. The van der Waals surface area contributed by atoms with E-state index in [1.54, 1.807) is 25.7 Å². The first kappa shape index (κ1) is 66.7. The zero-order valence-corrected chi connectivity index (χ0v) is 65.2. The number of fused-ring (bicyclic) bond motifs is 3. The Morgan fingerprint density at radius 2 is 0.463 bits per heavy atom. The van der Waals surface area contributed by atoms with Crippen LogP contribution in [0.2, 0.25) is 0 Å².